The molecule has 0 aromatic carbocycles. The van der Waals surface area contributed by atoms with Crippen molar-refractivity contribution >= 4 is 40.5 Å². The van der Waals surface area contributed by atoms with Crippen LogP contribution in [0.1, 0.15) is 19.6 Å². The van der Waals surface area contributed by atoms with Crippen LogP contribution in [0.3, 0.4) is 0 Å². The highest BCUT2D eigenvalue weighted by Gasteiger charge is 2.13. The summed E-state index contributed by atoms with van der Waals surface area (Å²) >= 11 is 2.03. The van der Waals surface area contributed by atoms with E-state index in [1.807, 2.05) is 36.4 Å². The van der Waals surface area contributed by atoms with Crippen LogP contribution in [0.25, 0.3) is 6.08 Å². The first kappa shape index (κ1) is 17.5. The van der Waals surface area contributed by atoms with Crippen LogP contribution in [0.5, 0.6) is 0 Å². The molecule has 0 atom stereocenters. The van der Waals surface area contributed by atoms with Gasteiger partial charge < -0.3 is 14.1 Å². The molecule has 0 saturated heterocycles. The first-order chi connectivity index (χ1) is 9.92. The summed E-state index contributed by atoms with van der Waals surface area (Å²) in [5, 5.41) is 0. The second kappa shape index (κ2) is 8.66. The molecule has 0 saturated carbocycles. The Morgan fingerprint density at radius 3 is 2.71 bits per heavy atom. The number of rotatable bonds is 7. The maximum atomic E-state index is 11.9. The number of hydrogen-bond donors (Lipinski definition) is 0. The zero-order valence-corrected chi connectivity index (χ0v) is 14.3. The third kappa shape index (κ3) is 6.61. The van der Waals surface area contributed by atoms with E-state index in [0.717, 1.165) is 9.34 Å². The molecule has 6 heteroatoms. The Labute approximate surface area is 137 Å². The smallest absolute Gasteiger partial charge is 0.331 e. The zero-order chi connectivity index (χ0) is 15.8. The fourth-order valence-corrected chi connectivity index (χ4v) is 1.98. The van der Waals surface area contributed by atoms with Gasteiger partial charge >= 0.3 is 5.97 Å². The molecule has 21 heavy (non-hydrogen) atoms. The molecule has 1 aromatic heterocycles. The number of carbonyl (C=O) groups excluding carboxylic acids is 2. The van der Waals surface area contributed by atoms with E-state index in [2.05, 4.69) is 6.58 Å². The second-order valence-electron chi connectivity index (χ2n) is 4.45. The predicted molar refractivity (Wildman–Crippen MR) is 88.5 cm³/mol. The molecule has 0 aliphatic heterocycles. The number of carbonyl (C=O) groups is 2. The first-order valence-corrected chi connectivity index (χ1v) is 7.52. The van der Waals surface area contributed by atoms with Gasteiger partial charge in [0.05, 0.1) is 0 Å². The molecule has 0 fully saturated rings. The number of halogens is 1. The third-order valence-electron chi connectivity index (χ3n) is 2.51. The lowest BCUT2D eigenvalue weighted by Crippen LogP contribution is -2.35. The molecule has 0 radical (unpaired) electrons. The van der Waals surface area contributed by atoms with Gasteiger partial charge in [0, 0.05) is 19.2 Å². The van der Waals surface area contributed by atoms with E-state index in [9.17, 15) is 9.59 Å². The third-order valence-corrected chi connectivity index (χ3v) is 3.09. The van der Waals surface area contributed by atoms with Crippen molar-refractivity contribution in [2.45, 2.75) is 13.8 Å². The van der Waals surface area contributed by atoms with Crippen molar-refractivity contribution in [1.29, 1.82) is 0 Å². The van der Waals surface area contributed by atoms with Crippen molar-refractivity contribution in [3.05, 3.63) is 39.9 Å². The van der Waals surface area contributed by atoms with Gasteiger partial charge in [-0.3, -0.25) is 4.79 Å². The molecule has 1 amide bonds. The number of furan rings is 1. The molecule has 1 heterocycles. The van der Waals surface area contributed by atoms with Gasteiger partial charge in [-0.05, 0) is 54.6 Å². The SMILES string of the molecule is C=C(C)CN(CC)C(=O)COC(=O)/C=C/c1ccc(I)o1. The van der Waals surface area contributed by atoms with Crippen molar-refractivity contribution in [1.82, 2.24) is 4.90 Å². The van der Waals surface area contributed by atoms with Crippen molar-refractivity contribution in [3.8, 4) is 0 Å². The average Bonchev–Trinajstić information content (AvgIpc) is 2.85. The molecule has 1 rings (SSSR count). The Balaban J connectivity index is 2.43. The summed E-state index contributed by atoms with van der Waals surface area (Å²) in [4.78, 5) is 25.0. The lowest BCUT2D eigenvalue weighted by molar-refractivity contribution is -0.147. The monoisotopic (exact) mass is 403 g/mol. The minimum Gasteiger partial charge on any atom is -0.452 e. The summed E-state index contributed by atoms with van der Waals surface area (Å²) in [6.07, 6.45) is 2.73. The van der Waals surface area contributed by atoms with Crippen LogP contribution >= 0.6 is 22.6 Å². The van der Waals surface area contributed by atoms with Gasteiger partial charge in [0.1, 0.15) is 5.76 Å². The second-order valence-corrected chi connectivity index (χ2v) is 5.51. The van der Waals surface area contributed by atoms with Crippen LogP contribution in [0, 0.1) is 3.77 Å². The fourth-order valence-electron chi connectivity index (χ4n) is 1.54. The van der Waals surface area contributed by atoms with E-state index in [-0.39, 0.29) is 12.5 Å². The van der Waals surface area contributed by atoms with E-state index in [4.69, 9.17) is 9.15 Å². The van der Waals surface area contributed by atoms with Gasteiger partial charge in [0.15, 0.2) is 10.4 Å². The highest BCUT2D eigenvalue weighted by Crippen LogP contribution is 2.11. The van der Waals surface area contributed by atoms with Crippen LogP contribution < -0.4 is 0 Å². The highest BCUT2D eigenvalue weighted by molar-refractivity contribution is 14.1. The molecular formula is C15H18INO4. The Kier molecular flexibility index (Phi) is 7.21. The summed E-state index contributed by atoms with van der Waals surface area (Å²) in [7, 11) is 0. The van der Waals surface area contributed by atoms with Crippen molar-refractivity contribution in [2.24, 2.45) is 0 Å². The quantitative estimate of drug-likeness (QED) is 0.304. The van der Waals surface area contributed by atoms with Crippen LogP contribution in [-0.2, 0) is 14.3 Å². The molecule has 114 valence electrons. The predicted octanol–water partition coefficient (Wildman–Crippen LogP) is 2.87. The van der Waals surface area contributed by atoms with Crippen molar-refractivity contribution < 1.29 is 18.7 Å². The van der Waals surface area contributed by atoms with Crippen LogP contribution in [-0.4, -0.2) is 36.5 Å². The van der Waals surface area contributed by atoms with E-state index in [1.54, 1.807) is 17.0 Å². The van der Waals surface area contributed by atoms with E-state index in [0.29, 0.717) is 18.8 Å². The molecular weight excluding hydrogens is 385 g/mol. The number of ether oxygens (including phenoxy) is 1. The Morgan fingerprint density at radius 2 is 2.19 bits per heavy atom. The number of esters is 1. The van der Waals surface area contributed by atoms with Gasteiger partial charge in [-0.1, -0.05) is 12.2 Å². The average molecular weight is 403 g/mol. The number of amides is 1. The minimum atomic E-state index is -0.582. The number of likely N-dealkylation sites (N-methyl/N-ethyl adjacent to an activating group) is 1. The summed E-state index contributed by atoms with van der Waals surface area (Å²) in [6, 6.07) is 3.52. The molecule has 0 unspecified atom stereocenters. The molecule has 0 spiro atoms. The maximum Gasteiger partial charge on any atom is 0.331 e. The Bertz CT molecular complexity index is 548. The summed E-state index contributed by atoms with van der Waals surface area (Å²) in [5.41, 5.74) is 0.879. The van der Waals surface area contributed by atoms with Crippen molar-refractivity contribution in [2.75, 3.05) is 19.7 Å². The van der Waals surface area contributed by atoms with E-state index in [1.165, 1.54) is 12.2 Å². The molecule has 0 bridgehead atoms. The summed E-state index contributed by atoms with van der Waals surface area (Å²) < 4.78 is 10.9. The highest BCUT2D eigenvalue weighted by atomic mass is 127. The maximum absolute atomic E-state index is 11.9. The first-order valence-electron chi connectivity index (χ1n) is 6.44. The molecule has 0 N–H and O–H groups in total. The van der Waals surface area contributed by atoms with Gasteiger partial charge in [-0.2, -0.15) is 0 Å². The van der Waals surface area contributed by atoms with Crippen LogP contribution in [0.4, 0.5) is 0 Å². The van der Waals surface area contributed by atoms with Gasteiger partial charge in [0.2, 0.25) is 0 Å². The Hall–Kier alpha value is -1.57. The number of nitrogens with zero attached hydrogens (tertiary/aromatic N) is 1. The van der Waals surface area contributed by atoms with Crippen LogP contribution in [0.15, 0.2) is 34.8 Å². The van der Waals surface area contributed by atoms with Crippen molar-refractivity contribution in [3.63, 3.8) is 0 Å². The summed E-state index contributed by atoms with van der Waals surface area (Å²) in [6.45, 7) is 8.20. The molecule has 5 nitrogen and oxygen atoms in total. The molecule has 0 aliphatic carbocycles. The topological polar surface area (TPSA) is 59.8 Å². The lowest BCUT2D eigenvalue weighted by atomic mass is 10.3. The summed E-state index contributed by atoms with van der Waals surface area (Å²) in [5.74, 6) is -0.268. The van der Waals surface area contributed by atoms with E-state index >= 15 is 0 Å². The standard InChI is InChI=1S/C15H18INO4/c1-4-17(9-11(2)3)14(18)10-20-15(19)8-6-12-5-7-13(16)21-12/h5-8H,2,4,9-10H2,1,3H3/b8-6+. The zero-order valence-electron chi connectivity index (χ0n) is 12.1. The molecule has 1 aromatic rings. The van der Waals surface area contributed by atoms with E-state index < -0.39 is 5.97 Å². The Morgan fingerprint density at radius 1 is 1.48 bits per heavy atom. The normalized spacial score (nSPS) is 10.6. The number of hydrogen-bond acceptors (Lipinski definition) is 4. The van der Waals surface area contributed by atoms with Gasteiger partial charge in [-0.15, -0.1) is 0 Å². The largest absolute Gasteiger partial charge is 0.452 e. The minimum absolute atomic E-state index is 0.241. The fraction of sp³-hybridized carbons (Fsp3) is 0.333. The molecule has 0 aliphatic rings. The van der Waals surface area contributed by atoms with Gasteiger partial charge in [-0.25, -0.2) is 4.79 Å². The van der Waals surface area contributed by atoms with Crippen LogP contribution in [0.2, 0.25) is 0 Å². The lowest BCUT2D eigenvalue weighted by Gasteiger charge is -2.20. The van der Waals surface area contributed by atoms with Gasteiger partial charge in [0.25, 0.3) is 5.91 Å².